The van der Waals surface area contributed by atoms with E-state index in [1.165, 1.54) is 0 Å². The molecule has 1 heterocycles. The number of carboxylic acid groups (broad SMARTS) is 1. The van der Waals surface area contributed by atoms with Gasteiger partial charge in [-0.15, -0.1) is 0 Å². The third-order valence-corrected chi connectivity index (χ3v) is 5.69. The molecule has 2 aliphatic rings. The highest BCUT2D eigenvalue weighted by molar-refractivity contribution is 5.82. The molecule has 2 unspecified atom stereocenters. The highest BCUT2D eigenvalue weighted by Gasteiger charge is 2.31. The van der Waals surface area contributed by atoms with Gasteiger partial charge in [-0.3, -0.25) is 9.59 Å². The summed E-state index contributed by atoms with van der Waals surface area (Å²) in [5.41, 5.74) is 4.52. The number of benzene rings is 2. The Bertz CT molecular complexity index is 946. The lowest BCUT2D eigenvalue weighted by Crippen LogP contribution is -2.40. The lowest BCUT2D eigenvalue weighted by molar-refractivity contribution is -0.141. The molecule has 8 nitrogen and oxygen atoms in total. The summed E-state index contributed by atoms with van der Waals surface area (Å²) in [5, 5.41) is 14.0. The molecule has 31 heavy (non-hydrogen) atoms. The third kappa shape index (κ3) is 4.69. The second kappa shape index (κ2) is 9.18. The van der Waals surface area contributed by atoms with Crippen LogP contribution in [0.2, 0.25) is 0 Å². The molecule has 2 aromatic carbocycles. The van der Waals surface area contributed by atoms with Gasteiger partial charge in [-0.2, -0.15) is 0 Å². The number of hydrogen-bond donors (Lipinski definition) is 3. The molecule has 0 spiro atoms. The molecule has 0 aromatic heterocycles. The van der Waals surface area contributed by atoms with E-state index in [2.05, 4.69) is 22.8 Å². The zero-order valence-electron chi connectivity index (χ0n) is 16.9. The summed E-state index contributed by atoms with van der Waals surface area (Å²) in [5.74, 6) is -1.88. The molecule has 0 radical (unpaired) electrons. The van der Waals surface area contributed by atoms with Crippen LogP contribution in [0.4, 0.5) is 4.79 Å². The van der Waals surface area contributed by atoms with E-state index in [9.17, 15) is 14.4 Å². The van der Waals surface area contributed by atoms with Crippen LogP contribution in [-0.2, 0) is 19.1 Å². The topological polar surface area (TPSA) is 114 Å². The van der Waals surface area contributed by atoms with E-state index < -0.39 is 23.9 Å². The number of rotatable bonds is 7. The van der Waals surface area contributed by atoms with Gasteiger partial charge in [0.05, 0.1) is 25.2 Å². The largest absolute Gasteiger partial charge is 0.481 e. The average molecular weight is 424 g/mol. The van der Waals surface area contributed by atoms with Gasteiger partial charge in [-0.1, -0.05) is 48.5 Å². The summed E-state index contributed by atoms with van der Waals surface area (Å²) in [7, 11) is 0. The Hall–Kier alpha value is -3.39. The van der Waals surface area contributed by atoms with Gasteiger partial charge < -0.3 is 25.2 Å². The smallest absolute Gasteiger partial charge is 0.407 e. The molecule has 162 valence electrons. The first-order valence-corrected chi connectivity index (χ1v) is 10.2. The third-order valence-electron chi connectivity index (χ3n) is 5.69. The minimum absolute atomic E-state index is 0.0475. The van der Waals surface area contributed by atoms with Crippen molar-refractivity contribution >= 4 is 18.0 Å². The molecule has 1 aliphatic heterocycles. The van der Waals surface area contributed by atoms with Gasteiger partial charge >= 0.3 is 12.1 Å². The van der Waals surface area contributed by atoms with E-state index in [1.54, 1.807) is 0 Å². The van der Waals surface area contributed by atoms with E-state index in [0.29, 0.717) is 6.42 Å². The van der Waals surface area contributed by atoms with Crippen LogP contribution in [0.1, 0.15) is 23.5 Å². The number of carbonyl (C=O) groups excluding carboxylic acids is 2. The van der Waals surface area contributed by atoms with Crippen LogP contribution in [0.3, 0.4) is 0 Å². The standard InChI is InChI=1S/C23H24N2O6/c26-21(24-10-15-9-14(12-30-15)22(27)28)11-25-23(29)31-13-20-18-7-3-1-5-16(18)17-6-2-4-8-19(17)20/h1-8,14-15,20H,9-13H2,(H,24,26)(H,25,29)(H,27,28). The van der Waals surface area contributed by atoms with Gasteiger partial charge in [0.15, 0.2) is 0 Å². The summed E-state index contributed by atoms with van der Waals surface area (Å²) >= 11 is 0. The van der Waals surface area contributed by atoms with Crippen LogP contribution in [0.25, 0.3) is 11.1 Å². The van der Waals surface area contributed by atoms with Crippen molar-refractivity contribution in [2.75, 3.05) is 26.3 Å². The maximum absolute atomic E-state index is 12.1. The monoisotopic (exact) mass is 424 g/mol. The Morgan fingerprint density at radius 1 is 1.00 bits per heavy atom. The predicted molar refractivity (Wildman–Crippen MR) is 112 cm³/mol. The van der Waals surface area contributed by atoms with Gasteiger partial charge in [0.2, 0.25) is 5.91 Å². The Kier molecular flexibility index (Phi) is 6.18. The first kappa shape index (κ1) is 20.9. The fourth-order valence-electron chi connectivity index (χ4n) is 4.11. The van der Waals surface area contributed by atoms with Crippen molar-refractivity contribution in [3.8, 4) is 11.1 Å². The van der Waals surface area contributed by atoms with Crippen molar-refractivity contribution in [3.63, 3.8) is 0 Å². The fourth-order valence-corrected chi connectivity index (χ4v) is 4.11. The first-order valence-electron chi connectivity index (χ1n) is 10.2. The maximum Gasteiger partial charge on any atom is 0.407 e. The Balaban J connectivity index is 1.22. The van der Waals surface area contributed by atoms with Gasteiger partial charge in [0, 0.05) is 12.5 Å². The zero-order chi connectivity index (χ0) is 21.8. The number of carbonyl (C=O) groups is 3. The molecule has 1 fully saturated rings. The van der Waals surface area contributed by atoms with Crippen molar-refractivity contribution in [2.45, 2.75) is 18.4 Å². The number of amides is 2. The summed E-state index contributed by atoms with van der Waals surface area (Å²) in [6.07, 6.45) is -0.644. The van der Waals surface area contributed by atoms with Crippen LogP contribution in [0.5, 0.6) is 0 Å². The van der Waals surface area contributed by atoms with Crippen molar-refractivity contribution < 1.29 is 29.0 Å². The summed E-state index contributed by atoms with van der Waals surface area (Å²) in [4.78, 5) is 35.0. The van der Waals surface area contributed by atoms with E-state index in [0.717, 1.165) is 22.3 Å². The second-order valence-corrected chi connectivity index (χ2v) is 7.71. The van der Waals surface area contributed by atoms with Crippen LogP contribution >= 0.6 is 0 Å². The number of carboxylic acids is 1. The maximum atomic E-state index is 12.1. The van der Waals surface area contributed by atoms with E-state index >= 15 is 0 Å². The zero-order valence-corrected chi connectivity index (χ0v) is 16.9. The highest BCUT2D eigenvalue weighted by Crippen LogP contribution is 2.44. The number of hydrogen-bond acceptors (Lipinski definition) is 5. The van der Waals surface area contributed by atoms with E-state index in [-0.39, 0.29) is 38.3 Å². The molecular weight excluding hydrogens is 400 g/mol. The van der Waals surface area contributed by atoms with Crippen LogP contribution < -0.4 is 10.6 Å². The molecule has 2 amide bonds. The fraction of sp³-hybridized carbons (Fsp3) is 0.348. The van der Waals surface area contributed by atoms with E-state index in [4.69, 9.17) is 14.6 Å². The normalized spacial score (nSPS) is 19.4. The van der Waals surface area contributed by atoms with Gasteiger partial charge in [-0.25, -0.2) is 4.79 Å². The lowest BCUT2D eigenvalue weighted by Gasteiger charge is -2.15. The molecule has 4 rings (SSSR count). The second-order valence-electron chi connectivity index (χ2n) is 7.71. The molecule has 1 aliphatic carbocycles. The van der Waals surface area contributed by atoms with Gasteiger partial charge in [-0.05, 0) is 28.7 Å². The number of ether oxygens (including phenoxy) is 2. The minimum atomic E-state index is -0.897. The Morgan fingerprint density at radius 3 is 2.26 bits per heavy atom. The molecule has 0 bridgehead atoms. The van der Waals surface area contributed by atoms with Crippen molar-refractivity contribution in [1.29, 1.82) is 0 Å². The van der Waals surface area contributed by atoms with Crippen molar-refractivity contribution in [2.24, 2.45) is 5.92 Å². The lowest BCUT2D eigenvalue weighted by atomic mass is 9.98. The SMILES string of the molecule is O=C(CNC(=O)OCC1c2ccccc2-c2ccccc21)NCC1CC(C(=O)O)CO1. The van der Waals surface area contributed by atoms with Crippen molar-refractivity contribution in [1.82, 2.24) is 10.6 Å². The quantitative estimate of drug-likeness (QED) is 0.628. The summed E-state index contributed by atoms with van der Waals surface area (Å²) in [6, 6.07) is 16.1. The molecule has 2 atom stereocenters. The first-order chi connectivity index (χ1) is 15.0. The average Bonchev–Trinajstić information content (AvgIpc) is 3.38. The molecule has 3 N–H and O–H groups in total. The van der Waals surface area contributed by atoms with Crippen LogP contribution in [0, 0.1) is 5.92 Å². The molecule has 0 saturated carbocycles. The number of aliphatic carboxylic acids is 1. The van der Waals surface area contributed by atoms with Crippen LogP contribution in [-0.4, -0.2) is 55.5 Å². The minimum Gasteiger partial charge on any atom is -0.481 e. The number of alkyl carbamates (subject to hydrolysis) is 1. The van der Waals surface area contributed by atoms with Crippen molar-refractivity contribution in [3.05, 3.63) is 59.7 Å². The van der Waals surface area contributed by atoms with Gasteiger partial charge in [0.25, 0.3) is 0 Å². The summed E-state index contributed by atoms with van der Waals surface area (Å²) in [6.45, 7) is 0.294. The van der Waals surface area contributed by atoms with Crippen LogP contribution in [0.15, 0.2) is 48.5 Å². The highest BCUT2D eigenvalue weighted by atomic mass is 16.5. The number of fused-ring (bicyclic) bond motifs is 3. The van der Waals surface area contributed by atoms with Gasteiger partial charge in [0.1, 0.15) is 6.61 Å². The molecular formula is C23H24N2O6. The molecule has 8 heteroatoms. The van der Waals surface area contributed by atoms with E-state index in [1.807, 2.05) is 36.4 Å². The molecule has 2 aromatic rings. The Morgan fingerprint density at radius 2 is 1.65 bits per heavy atom. The predicted octanol–water partition coefficient (Wildman–Crippen LogP) is 2.13. The molecule has 1 saturated heterocycles. The number of nitrogens with one attached hydrogen (secondary N) is 2. The summed E-state index contributed by atoms with van der Waals surface area (Å²) < 4.78 is 10.7. The Labute approximate surface area is 179 Å².